The molecule has 2 nitrogen and oxygen atoms in total. The van der Waals surface area contributed by atoms with Crippen LogP contribution in [0.15, 0.2) is 54.6 Å². The second-order valence-corrected chi connectivity index (χ2v) is 7.71. The standard InChI is InChI=1S/C23H28O2/c1-16(2)21-14-9-17(3)15-22(21)25-23(24)20-12-10-19(11-13-20)18-7-5-4-6-8-18/h4-8,10-13,16-17,21-22H,9,14-15H2,1-3H3/t17-,21-,22+/m1/s1. The van der Waals surface area contributed by atoms with Crippen molar-refractivity contribution in [3.8, 4) is 11.1 Å². The van der Waals surface area contributed by atoms with Gasteiger partial charge in [0.25, 0.3) is 0 Å². The van der Waals surface area contributed by atoms with E-state index in [9.17, 15) is 4.79 Å². The molecule has 0 saturated heterocycles. The molecule has 2 aromatic carbocycles. The average Bonchev–Trinajstić information content (AvgIpc) is 2.62. The Balaban J connectivity index is 1.70. The van der Waals surface area contributed by atoms with E-state index in [0.717, 1.165) is 24.0 Å². The Hall–Kier alpha value is -2.09. The first-order chi connectivity index (χ1) is 12.0. The number of hydrogen-bond donors (Lipinski definition) is 0. The summed E-state index contributed by atoms with van der Waals surface area (Å²) in [4.78, 5) is 12.6. The van der Waals surface area contributed by atoms with Crippen LogP contribution in [0.1, 0.15) is 50.4 Å². The number of esters is 1. The Kier molecular flexibility index (Phi) is 5.57. The molecule has 3 atom stereocenters. The van der Waals surface area contributed by atoms with E-state index in [1.807, 2.05) is 42.5 Å². The predicted octanol–water partition coefficient (Wildman–Crippen LogP) is 5.97. The summed E-state index contributed by atoms with van der Waals surface area (Å²) in [5, 5.41) is 0. The van der Waals surface area contributed by atoms with Crippen molar-refractivity contribution in [2.75, 3.05) is 0 Å². The zero-order valence-corrected chi connectivity index (χ0v) is 15.4. The maximum Gasteiger partial charge on any atom is 0.338 e. The van der Waals surface area contributed by atoms with Gasteiger partial charge >= 0.3 is 5.97 Å². The fraction of sp³-hybridized carbons (Fsp3) is 0.435. The van der Waals surface area contributed by atoms with Crippen molar-refractivity contribution in [1.82, 2.24) is 0 Å². The number of ether oxygens (including phenoxy) is 1. The number of benzene rings is 2. The van der Waals surface area contributed by atoms with Crippen LogP contribution in [0.3, 0.4) is 0 Å². The Morgan fingerprint density at radius 1 is 0.960 bits per heavy atom. The summed E-state index contributed by atoms with van der Waals surface area (Å²) in [5.74, 6) is 1.46. The zero-order chi connectivity index (χ0) is 17.8. The molecular formula is C23H28O2. The van der Waals surface area contributed by atoms with Gasteiger partial charge in [-0.05, 0) is 53.9 Å². The summed E-state index contributed by atoms with van der Waals surface area (Å²) in [6.07, 6.45) is 3.42. The lowest BCUT2D eigenvalue weighted by molar-refractivity contribution is -0.0174. The van der Waals surface area contributed by atoms with Crippen molar-refractivity contribution in [3.63, 3.8) is 0 Å². The molecule has 0 heterocycles. The van der Waals surface area contributed by atoms with Crippen LogP contribution >= 0.6 is 0 Å². The van der Waals surface area contributed by atoms with Crippen LogP contribution in [0.4, 0.5) is 0 Å². The summed E-state index contributed by atoms with van der Waals surface area (Å²) in [5.41, 5.74) is 2.91. The smallest absolute Gasteiger partial charge is 0.338 e. The molecule has 1 saturated carbocycles. The fourth-order valence-electron chi connectivity index (χ4n) is 3.89. The molecule has 132 valence electrons. The molecule has 1 aliphatic rings. The van der Waals surface area contributed by atoms with Crippen LogP contribution in [-0.2, 0) is 4.74 Å². The van der Waals surface area contributed by atoms with E-state index in [1.165, 1.54) is 6.42 Å². The molecule has 0 aliphatic heterocycles. The average molecular weight is 336 g/mol. The van der Waals surface area contributed by atoms with Crippen molar-refractivity contribution in [2.45, 2.75) is 46.1 Å². The molecule has 0 aromatic heterocycles. The van der Waals surface area contributed by atoms with Gasteiger partial charge in [0.15, 0.2) is 0 Å². The molecule has 0 spiro atoms. The van der Waals surface area contributed by atoms with Crippen LogP contribution in [0.2, 0.25) is 0 Å². The zero-order valence-electron chi connectivity index (χ0n) is 15.4. The lowest BCUT2D eigenvalue weighted by Crippen LogP contribution is -2.35. The SMILES string of the molecule is CC(C)[C@H]1CC[C@@H](C)C[C@@H]1OC(=O)c1ccc(-c2ccccc2)cc1. The molecule has 25 heavy (non-hydrogen) atoms. The minimum Gasteiger partial charge on any atom is -0.458 e. The summed E-state index contributed by atoms with van der Waals surface area (Å²) < 4.78 is 5.93. The van der Waals surface area contributed by atoms with Gasteiger partial charge in [0, 0.05) is 0 Å². The normalized spacial score (nSPS) is 23.4. The van der Waals surface area contributed by atoms with Gasteiger partial charge in [-0.1, -0.05) is 69.7 Å². The Morgan fingerprint density at radius 3 is 2.24 bits per heavy atom. The van der Waals surface area contributed by atoms with Crippen molar-refractivity contribution in [3.05, 3.63) is 60.2 Å². The van der Waals surface area contributed by atoms with E-state index in [-0.39, 0.29) is 12.1 Å². The second-order valence-electron chi connectivity index (χ2n) is 7.71. The Morgan fingerprint density at radius 2 is 1.60 bits per heavy atom. The monoisotopic (exact) mass is 336 g/mol. The third-order valence-electron chi connectivity index (χ3n) is 5.45. The molecule has 2 heteroatoms. The highest BCUT2D eigenvalue weighted by Crippen LogP contribution is 2.35. The third kappa shape index (κ3) is 4.31. The lowest BCUT2D eigenvalue weighted by atomic mass is 9.75. The van der Waals surface area contributed by atoms with E-state index in [1.54, 1.807) is 0 Å². The van der Waals surface area contributed by atoms with Gasteiger partial charge in [0.2, 0.25) is 0 Å². The van der Waals surface area contributed by atoms with Crippen molar-refractivity contribution < 1.29 is 9.53 Å². The molecule has 1 fully saturated rings. The van der Waals surface area contributed by atoms with Gasteiger partial charge in [0.05, 0.1) is 5.56 Å². The lowest BCUT2D eigenvalue weighted by Gasteiger charge is -2.36. The minimum absolute atomic E-state index is 0.0463. The van der Waals surface area contributed by atoms with E-state index >= 15 is 0 Å². The Labute approximate surface area is 151 Å². The number of carbonyl (C=O) groups is 1. The van der Waals surface area contributed by atoms with Gasteiger partial charge in [-0.25, -0.2) is 4.79 Å². The summed E-state index contributed by atoms with van der Waals surface area (Å²) in [6.45, 7) is 6.72. The third-order valence-corrected chi connectivity index (χ3v) is 5.45. The molecule has 0 radical (unpaired) electrons. The van der Waals surface area contributed by atoms with Gasteiger partial charge in [0.1, 0.15) is 6.10 Å². The molecule has 1 aliphatic carbocycles. The highest BCUT2D eigenvalue weighted by atomic mass is 16.5. The predicted molar refractivity (Wildman–Crippen MR) is 102 cm³/mol. The fourth-order valence-corrected chi connectivity index (χ4v) is 3.89. The molecule has 0 unspecified atom stereocenters. The van der Waals surface area contributed by atoms with Crippen LogP contribution in [0.25, 0.3) is 11.1 Å². The first kappa shape index (κ1) is 17.7. The van der Waals surface area contributed by atoms with Gasteiger partial charge < -0.3 is 4.74 Å². The molecule has 2 aromatic rings. The van der Waals surface area contributed by atoms with Crippen LogP contribution in [0.5, 0.6) is 0 Å². The van der Waals surface area contributed by atoms with E-state index < -0.39 is 0 Å². The first-order valence-corrected chi connectivity index (χ1v) is 9.41. The van der Waals surface area contributed by atoms with E-state index in [0.29, 0.717) is 23.3 Å². The van der Waals surface area contributed by atoms with Crippen LogP contribution in [-0.4, -0.2) is 12.1 Å². The van der Waals surface area contributed by atoms with Crippen LogP contribution < -0.4 is 0 Å². The highest BCUT2D eigenvalue weighted by Gasteiger charge is 2.33. The highest BCUT2D eigenvalue weighted by molar-refractivity contribution is 5.90. The second kappa shape index (κ2) is 7.86. The number of rotatable bonds is 4. The van der Waals surface area contributed by atoms with E-state index in [2.05, 4.69) is 32.9 Å². The summed E-state index contributed by atoms with van der Waals surface area (Å²) in [6, 6.07) is 17.9. The van der Waals surface area contributed by atoms with Crippen LogP contribution in [0, 0.1) is 17.8 Å². The number of hydrogen-bond acceptors (Lipinski definition) is 2. The minimum atomic E-state index is -0.190. The van der Waals surface area contributed by atoms with Crippen molar-refractivity contribution >= 4 is 5.97 Å². The molecular weight excluding hydrogens is 308 g/mol. The first-order valence-electron chi connectivity index (χ1n) is 9.41. The number of carbonyl (C=O) groups excluding carboxylic acids is 1. The quantitative estimate of drug-likeness (QED) is 0.643. The van der Waals surface area contributed by atoms with Gasteiger partial charge in [-0.2, -0.15) is 0 Å². The molecule has 0 amide bonds. The summed E-state index contributed by atoms with van der Waals surface area (Å²) >= 11 is 0. The topological polar surface area (TPSA) is 26.3 Å². The maximum atomic E-state index is 12.6. The van der Waals surface area contributed by atoms with E-state index in [4.69, 9.17) is 4.74 Å². The van der Waals surface area contributed by atoms with Gasteiger partial charge in [-0.15, -0.1) is 0 Å². The molecule has 3 rings (SSSR count). The molecule has 0 N–H and O–H groups in total. The van der Waals surface area contributed by atoms with Crippen molar-refractivity contribution in [2.24, 2.45) is 17.8 Å². The maximum absolute atomic E-state index is 12.6. The van der Waals surface area contributed by atoms with Gasteiger partial charge in [-0.3, -0.25) is 0 Å². The largest absolute Gasteiger partial charge is 0.458 e. The Bertz CT molecular complexity index is 688. The molecule has 0 bridgehead atoms. The van der Waals surface area contributed by atoms with Crippen molar-refractivity contribution in [1.29, 1.82) is 0 Å². The summed E-state index contributed by atoms with van der Waals surface area (Å²) in [7, 11) is 0.